The van der Waals surface area contributed by atoms with E-state index in [-0.39, 0.29) is 5.91 Å². The summed E-state index contributed by atoms with van der Waals surface area (Å²) in [4.78, 5) is 16.8. The van der Waals surface area contributed by atoms with Gasteiger partial charge in [-0.05, 0) is 50.6 Å². The minimum Gasteiger partial charge on any atom is -0.324 e. The van der Waals surface area contributed by atoms with Crippen LogP contribution in [0.5, 0.6) is 0 Å². The van der Waals surface area contributed by atoms with Gasteiger partial charge in [0.25, 0.3) is 0 Å². The number of rotatable bonds is 4. The third-order valence-electron chi connectivity index (χ3n) is 3.27. The largest absolute Gasteiger partial charge is 0.324 e. The smallest absolute Gasteiger partial charge is 0.237 e. The van der Waals surface area contributed by atoms with Crippen LogP contribution in [0.1, 0.15) is 23.7 Å². The van der Waals surface area contributed by atoms with Crippen molar-refractivity contribution in [1.82, 2.24) is 4.98 Å². The van der Waals surface area contributed by atoms with Gasteiger partial charge in [-0.1, -0.05) is 35.0 Å². The minimum atomic E-state index is -0.458. The van der Waals surface area contributed by atoms with Gasteiger partial charge < -0.3 is 5.32 Å². The quantitative estimate of drug-likeness (QED) is 0.759. The number of aryl methyl sites for hydroxylation is 2. The first-order valence-electron chi connectivity index (χ1n) is 7.12. The Kier molecular flexibility index (Phi) is 6.11. The summed E-state index contributed by atoms with van der Waals surface area (Å²) < 4.78 is 0. The number of nitrogens with zero attached hydrogens (tertiary/aromatic N) is 2. The number of nitrogens with one attached hydrogen (secondary N) is 1. The number of pyridine rings is 1. The zero-order chi connectivity index (χ0) is 17.9. The summed E-state index contributed by atoms with van der Waals surface area (Å²) >= 11 is 13.2. The molecule has 0 bridgehead atoms. The fourth-order valence-electron chi connectivity index (χ4n) is 2.07. The second-order valence-electron chi connectivity index (χ2n) is 5.25. The first-order valence-corrected chi connectivity index (χ1v) is 8.76. The molecule has 1 aromatic carbocycles. The standard InChI is InChI=1S/C17H15Cl2N3OS/c1-9-6-10(2)21-17(13(9)8-20)24-11(3)16(23)22-15-7-12(18)4-5-14(15)19/h4-7,11H,1-3H3,(H,22,23). The molecule has 0 spiro atoms. The Morgan fingerprint density at radius 1 is 1.33 bits per heavy atom. The molecule has 24 heavy (non-hydrogen) atoms. The van der Waals surface area contributed by atoms with Crippen molar-refractivity contribution in [2.45, 2.75) is 31.0 Å². The Morgan fingerprint density at radius 3 is 2.71 bits per heavy atom. The predicted octanol–water partition coefficient (Wildman–Crippen LogP) is 5.00. The summed E-state index contributed by atoms with van der Waals surface area (Å²) in [6.45, 7) is 5.46. The van der Waals surface area contributed by atoms with Crippen LogP contribution in [0.2, 0.25) is 10.0 Å². The molecule has 2 aromatic rings. The molecular formula is C17H15Cl2N3OS. The molecule has 7 heteroatoms. The summed E-state index contributed by atoms with van der Waals surface area (Å²) in [6, 6.07) is 8.86. The number of carbonyl (C=O) groups excluding carboxylic acids is 1. The molecule has 0 saturated carbocycles. The number of anilines is 1. The fraction of sp³-hybridized carbons (Fsp3) is 0.235. The van der Waals surface area contributed by atoms with Gasteiger partial charge in [0, 0.05) is 10.7 Å². The van der Waals surface area contributed by atoms with Gasteiger partial charge in [-0.25, -0.2) is 4.98 Å². The van der Waals surface area contributed by atoms with Gasteiger partial charge >= 0.3 is 0 Å². The predicted molar refractivity (Wildman–Crippen MR) is 98.8 cm³/mol. The highest BCUT2D eigenvalue weighted by atomic mass is 35.5. The second kappa shape index (κ2) is 7.89. The molecule has 0 saturated heterocycles. The van der Waals surface area contributed by atoms with Gasteiger partial charge in [-0.2, -0.15) is 5.26 Å². The highest BCUT2D eigenvalue weighted by Crippen LogP contribution is 2.30. The maximum atomic E-state index is 12.4. The van der Waals surface area contributed by atoms with Crippen molar-refractivity contribution in [3.63, 3.8) is 0 Å². The topological polar surface area (TPSA) is 65.8 Å². The Bertz CT molecular complexity index is 833. The van der Waals surface area contributed by atoms with Crippen LogP contribution in [-0.4, -0.2) is 16.1 Å². The first kappa shape index (κ1) is 18.6. The van der Waals surface area contributed by atoms with E-state index in [9.17, 15) is 10.1 Å². The normalized spacial score (nSPS) is 11.7. The lowest BCUT2D eigenvalue weighted by molar-refractivity contribution is -0.115. The van der Waals surface area contributed by atoms with Crippen molar-refractivity contribution in [3.05, 3.63) is 51.1 Å². The molecule has 4 nitrogen and oxygen atoms in total. The highest BCUT2D eigenvalue weighted by Gasteiger charge is 2.19. The number of aromatic nitrogens is 1. The number of nitriles is 1. The lowest BCUT2D eigenvalue weighted by Crippen LogP contribution is -2.23. The van der Waals surface area contributed by atoms with Crippen molar-refractivity contribution in [2.24, 2.45) is 0 Å². The van der Waals surface area contributed by atoms with Crippen LogP contribution in [0.4, 0.5) is 5.69 Å². The molecule has 1 heterocycles. The SMILES string of the molecule is Cc1cc(C)c(C#N)c(SC(C)C(=O)Nc2cc(Cl)ccc2Cl)n1. The molecule has 2 rings (SSSR count). The number of amides is 1. The number of hydrogen-bond acceptors (Lipinski definition) is 4. The number of benzene rings is 1. The van der Waals surface area contributed by atoms with Crippen molar-refractivity contribution >= 4 is 46.6 Å². The number of carbonyl (C=O) groups is 1. The van der Waals surface area contributed by atoms with Crippen molar-refractivity contribution in [2.75, 3.05) is 5.32 Å². The average molecular weight is 380 g/mol. The third-order valence-corrected chi connectivity index (χ3v) is 4.92. The summed E-state index contributed by atoms with van der Waals surface area (Å²) in [5.74, 6) is -0.242. The van der Waals surface area contributed by atoms with E-state index >= 15 is 0 Å². The van der Waals surface area contributed by atoms with E-state index in [0.717, 1.165) is 11.3 Å². The minimum absolute atomic E-state index is 0.242. The first-order chi connectivity index (χ1) is 11.3. The zero-order valence-electron chi connectivity index (χ0n) is 13.4. The van der Waals surface area contributed by atoms with Crippen LogP contribution in [0.25, 0.3) is 0 Å². The summed E-state index contributed by atoms with van der Waals surface area (Å²) in [6.07, 6.45) is 0. The molecule has 1 N–H and O–H groups in total. The molecule has 0 fully saturated rings. The number of hydrogen-bond donors (Lipinski definition) is 1. The molecule has 1 unspecified atom stereocenters. The van der Waals surface area contributed by atoms with Crippen molar-refractivity contribution < 1.29 is 4.79 Å². The van der Waals surface area contributed by atoms with E-state index in [1.807, 2.05) is 19.9 Å². The van der Waals surface area contributed by atoms with E-state index in [0.29, 0.717) is 26.3 Å². The molecule has 0 aliphatic heterocycles. The van der Waals surface area contributed by atoms with Gasteiger partial charge in [-0.15, -0.1) is 0 Å². The summed E-state index contributed by atoms with van der Waals surface area (Å²) in [7, 11) is 0. The molecule has 124 valence electrons. The number of thioether (sulfide) groups is 1. The van der Waals surface area contributed by atoms with E-state index in [1.165, 1.54) is 11.8 Å². The second-order valence-corrected chi connectivity index (χ2v) is 7.42. The number of halogens is 2. The molecular weight excluding hydrogens is 365 g/mol. The van der Waals surface area contributed by atoms with Crippen LogP contribution >= 0.6 is 35.0 Å². The Balaban J connectivity index is 2.18. The average Bonchev–Trinajstić information content (AvgIpc) is 2.50. The summed E-state index contributed by atoms with van der Waals surface area (Å²) in [5, 5.41) is 13.0. The molecule has 0 aliphatic carbocycles. The molecule has 0 aliphatic rings. The maximum Gasteiger partial charge on any atom is 0.237 e. The van der Waals surface area contributed by atoms with Crippen molar-refractivity contribution in [1.29, 1.82) is 5.26 Å². The third kappa shape index (κ3) is 4.41. The van der Waals surface area contributed by atoms with Gasteiger partial charge in [0.05, 0.1) is 21.5 Å². The summed E-state index contributed by atoms with van der Waals surface area (Å²) in [5.41, 5.74) is 2.60. The lowest BCUT2D eigenvalue weighted by Gasteiger charge is -2.14. The maximum absolute atomic E-state index is 12.4. The van der Waals surface area contributed by atoms with Crippen LogP contribution in [0.3, 0.4) is 0 Å². The zero-order valence-corrected chi connectivity index (χ0v) is 15.7. The van der Waals surface area contributed by atoms with Crippen LogP contribution in [-0.2, 0) is 4.79 Å². The van der Waals surface area contributed by atoms with Gasteiger partial charge in [-0.3, -0.25) is 4.79 Å². The fourth-order valence-corrected chi connectivity index (χ4v) is 3.43. The van der Waals surface area contributed by atoms with E-state index < -0.39 is 5.25 Å². The Labute approximate surface area is 155 Å². The van der Waals surface area contributed by atoms with E-state index in [2.05, 4.69) is 16.4 Å². The van der Waals surface area contributed by atoms with Crippen LogP contribution in [0, 0.1) is 25.2 Å². The molecule has 1 atom stereocenters. The van der Waals surface area contributed by atoms with Gasteiger partial charge in [0.1, 0.15) is 11.1 Å². The van der Waals surface area contributed by atoms with Gasteiger partial charge in [0.15, 0.2) is 0 Å². The monoisotopic (exact) mass is 379 g/mol. The van der Waals surface area contributed by atoms with Gasteiger partial charge in [0.2, 0.25) is 5.91 Å². The van der Waals surface area contributed by atoms with Crippen LogP contribution in [0.15, 0.2) is 29.3 Å². The van der Waals surface area contributed by atoms with Crippen LogP contribution < -0.4 is 5.32 Å². The van der Waals surface area contributed by atoms with E-state index in [4.69, 9.17) is 23.2 Å². The molecule has 1 amide bonds. The Hall–Kier alpha value is -1.74. The lowest BCUT2D eigenvalue weighted by atomic mass is 10.1. The Morgan fingerprint density at radius 2 is 2.04 bits per heavy atom. The van der Waals surface area contributed by atoms with E-state index in [1.54, 1.807) is 25.1 Å². The molecule has 0 radical (unpaired) electrons. The highest BCUT2D eigenvalue weighted by molar-refractivity contribution is 8.00. The molecule has 1 aromatic heterocycles. The van der Waals surface area contributed by atoms with Crippen molar-refractivity contribution in [3.8, 4) is 6.07 Å².